The van der Waals surface area contributed by atoms with E-state index in [-0.39, 0.29) is 12.1 Å². The van der Waals surface area contributed by atoms with Gasteiger partial charge in [0.1, 0.15) is 0 Å². The van der Waals surface area contributed by atoms with Crippen molar-refractivity contribution in [2.24, 2.45) is 0 Å². The number of benzene rings is 1. The van der Waals surface area contributed by atoms with E-state index in [1.165, 1.54) is 5.56 Å². The van der Waals surface area contributed by atoms with Crippen LogP contribution in [-0.4, -0.2) is 42.3 Å². The molecule has 102 valence electrons. The number of nitrogens with zero attached hydrogens (tertiary/aromatic N) is 1. The number of hydrogen-bond acceptors (Lipinski definition) is 3. The van der Waals surface area contributed by atoms with Gasteiger partial charge < -0.3 is 15.3 Å². The summed E-state index contributed by atoms with van der Waals surface area (Å²) in [6.07, 6.45) is -0.309. The molecule has 1 aromatic carbocycles. The topological polar surface area (TPSA) is 35.5 Å². The van der Waals surface area contributed by atoms with Gasteiger partial charge in [0.15, 0.2) is 0 Å². The lowest BCUT2D eigenvalue weighted by atomic mass is 10.1. The molecule has 1 rings (SSSR count). The molecule has 0 fully saturated rings. The van der Waals surface area contributed by atoms with Crippen molar-refractivity contribution in [3.63, 3.8) is 0 Å². The van der Waals surface area contributed by atoms with Crippen LogP contribution in [0.3, 0.4) is 0 Å². The summed E-state index contributed by atoms with van der Waals surface area (Å²) in [6.45, 7) is 9.71. The zero-order valence-electron chi connectivity index (χ0n) is 11.8. The molecule has 0 aliphatic carbocycles. The van der Waals surface area contributed by atoms with Crippen LogP contribution < -0.4 is 5.32 Å². The van der Waals surface area contributed by atoms with Gasteiger partial charge in [-0.2, -0.15) is 0 Å². The first-order valence-corrected chi connectivity index (χ1v) is 6.86. The first kappa shape index (κ1) is 15.2. The third-order valence-corrected chi connectivity index (χ3v) is 3.32. The Labute approximate surface area is 111 Å². The maximum atomic E-state index is 9.97. The van der Waals surface area contributed by atoms with E-state index in [0.29, 0.717) is 6.54 Å². The van der Waals surface area contributed by atoms with Crippen molar-refractivity contribution in [3.8, 4) is 0 Å². The summed E-state index contributed by atoms with van der Waals surface area (Å²) in [6, 6.07) is 10.6. The quantitative estimate of drug-likeness (QED) is 0.741. The number of aliphatic hydroxyl groups is 1. The summed E-state index contributed by atoms with van der Waals surface area (Å²) >= 11 is 0. The van der Waals surface area contributed by atoms with Crippen LogP contribution in [0.1, 0.15) is 32.4 Å². The first-order valence-electron chi connectivity index (χ1n) is 6.86. The van der Waals surface area contributed by atoms with Crippen LogP contribution in [-0.2, 0) is 0 Å². The molecule has 0 aromatic heterocycles. The van der Waals surface area contributed by atoms with Crippen LogP contribution in [0, 0.1) is 0 Å². The second kappa shape index (κ2) is 8.25. The van der Waals surface area contributed by atoms with Crippen LogP contribution in [0.25, 0.3) is 0 Å². The third kappa shape index (κ3) is 5.17. The van der Waals surface area contributed by atoms with Gasteiger partial charge in [0.2, 0.25) is 0 Å². The van der Waals surface area contributed by atoms with Crippen molar-refractivity contribution in [1.82, 2.24) is 10.2 Å². The van der Waals surface area contributed by atoms with Crippen molar-refractivity contribution >= 4 is 0 Å². The fourth-order valence-electron chi connectivity index (χ4n) is 2.02. The van der Waals surface area contributed by atoms with Gasteiger partial charge >= 0.3 is 0 Å². The molecule has 2 N–H and O–H groups in total. The van der Waals surface area contributed by atoms with Crippen LogP contribution >= 0.6 is 0 Å². The zero-order valence-corrected chi connectivity index (χ0v) is 11.8. The SMILES string of the molecule is CCN(CC)CC(O)CN[C@@H](C)c1ccccc1. The maximum Gasteiger partial charge on any atom is 0.0791 e. The maximum absolute atomic E-state index is 9.97. The predicted octanol–water partition coefficient (Wildman–Crippen LogP) is 2.04. The second-order valence-corrected chi connectivity index (χ2v) is 4.68. The molecular formula is C15H26N2O. The molecule has 0 aliphatic rings. The Bertz CT molecular complexity index is 312. The monoisotopic (exact) mass is 250 g/mol. The highest BCUT2D eigenvalue weighted by molar-refractivity contribution is 5.17. The number of rotatable bonds is 8. The Balaban J connectivity index is 2.32. The van der Waals surface area contributed by atoms with E-state index in [1.54, 1.807) is 0 Å². The lowest BCUT2D eigenvalue weighted by molar-refractivity contribution is 0.114. The minimum Gasteiger partial charge on any atom is -0.390 e. The molecule has 0 saturated carbocycles. The molecule has 18 heavy (non-hydrogen) atoms. The van der Waals surface area contributed by atoms with E-state index in [2.05, 4.69) is 43.1 Å². The second-order valence-electron chi connectivity index (χ2n) is 4.68. The van der Waals surface area contributed by atoms with E-state index >= 15 is 0 Å². The highest BCUT2D eigenvalue weighted by Gasteiger charge is 2.11. The molecule has 0 spiro atoms. The molecule has 0 amide bonds. The Morgan fingerprint density at radius 1 is 1.17 bits per heavy atom. The molecule has 0 bridgehead atoms. The van der Waals surface area contributed by atoms with Gasteiger partial charge in [0.05, 0.1) is 6.10 Å². The number of aliphatic hydroxyl groups excluding tert-OH is 1. The largest absolute Gasteiger partial charge is 0.390 e. The molecule has 0 radical (unpaired) electrons. The summed E-state index contributed by atoms with van der Waals surface area (Å²) in [5.74, 6) is 0. The summed E-state index contributed by atoms with van der Waals surface area (Å²) in [5.41, 5.74) is 1.26. The van der Waals surface area contributed by atoms with E-state index in [1.807, 2.05) is 18.2 Å². The van der Waals surface area contributed by atoms with E-state index in [4.69, 9.17) is 0 Å². The Hall–Kier alpha value is -0.900. The van der Waals surface area contributed by atoms with E-state index in [9.17, 15) is 5.11 Å². The van der Waals surface area contributed by atoms with Crippen molar-refractivity contribution in [1.29, 1.82) is 0 Å². The summed E-state index contributed by atoms with van der Waals surface area (Å²) in [7, 11) is 0. The fraction of sp³-hybridized carbons (Fsp3) is 0.600. The lowest BCUT2D eigenvalue weighted by Crippen LogP contribution is -2.38. The van der Waals surface area contributed by atoms with E-state index < -0.39 is 0 Å². The molecule has 0 saturated heterocycles. The molecule has 1 unspecified atom stereocenters. The van der Waals surface area contributed by atoms with Gasteiger partial charge in [-0.25, -0.2) is 0 Å². The van der Waals surface area contributed by atoms with Crippen molar-refractivity contribution < 1.29 is 5.11 Å². The van der Waals surface area contributed by atoms with Crippen LogP contribution in [0.4, 0.5) is 0 Å². The van der Waals surface area contributed by atoms with Crippen molar-refractivity contribution in [2.45, 2.75) is 32.9 Å². The normalized spacial score (nSPS) is 14.7. The van der Waals surface area contributed by atoms with Crippen LogP contribution in [0.5, 0.6) is 0 Å². The summed E-state index contributed by atoms with van der Waals surface area (Å²) < 4.78 is 0. The molecule has 1 aromatic rings. The summed E-state index contributed by atoms with van der Waals surface area (Å²) in [5, 5.41) is 13.3. The van der Waals surface area contributed by atoms with Crippen LogP contribution in [0.15, 0.2) is 30.3 Å². The molecular weight excluding hydrogens is 224 g/mol. The van der Waals surface area contributed by atoms with Gasteiger partial charge in [-0.1, -0.05) is 44.2 Å². The van der Waals surface area contributed by atoms with Gasteiger partial charge in [-0.3, -0.25) is 0 Å². The zero-order chi connectivity index (χ0) is 13.4. The molecule has 2 atom stereocenters. The minimum atomic E-state index is -0.309. The number of likely N-dealkylation sites (N-methyl/N-ethyl adjacent to an activating group) is 1. The smallest absolute Gasteiger partial charge is 0.0791 e. The van der Waals surface area contributed by atoms with Crippen molar-refractivity contribution in [3.05, 3.63) is 35.9 Å². The van der Waals surface area contributed by atoms with E-state index in [0.717, 1.165) is 19.6 Å². The third-order valence-electron chi connectivity index (χ3n) is 3.32. The van der Waals surface area contributed by atoms with Gasteiger partial charge in [-0.05, 0) is 25.6 Å². The highest BCUT2D eigenvalue weighted by Crippen LogP contribution is 2.10. The highest BCUT2D eigenvalue weighted by atomic mass is 16.3. The van der Waals surface area contributed by atoms with Crippen LogP contribution in [0.2, 0.25) is 0 Å². The molecule has 0 heterocycles. The molecule has 3 heteroatoms. The average Bonchev–Trinajstić information content (AvgIpc) is 2.43. The molecule has 0 aliphatic heterocycles. The Morgan fingerprint density at radius 2 is 1.78 bits per heavy atom. The minimum absolute atomic E-state index is 0.276. The lowest BCUT2D eigenvalue weighted by Gasteiger charge is -2.23. The van der Waals surface area contributed by atoms with Crippen molar-refractivity contribution in [2.75, 3.05) is 26.2 Å². The van der Waals surface area contributed by atoms with Gasteiger partial charge in [0.25, 0.3) is 0 Å². The Morgan fingerprint density at radius 3 is 2.33 bits per heavy atom. The van der Waals surface area contributed by atoms with Gasteiger partial charge in [-0.15, -0.1) is 0 Å². The fourth-order valence-corrected chi connectivity index (χ4v) is 2.02. The van der Waals surface area contributed by atoms with Gasteiger partial charge in [0, 0.05) is 19.1 Å². The predicted molar refractivity (Wildman–Crippen MR) is 76.7 cm³/mol. The Kier molecular flexibility index (Phi) is 6.94. The summed E-state index contributed by atoms with van der Waals surface area (Å²) in [4.78, 5) is 2.24. The number of hydrogen-bond donors (Lipinski definition) is 2. The number of nitrogens with one attached hydrogen (secondary N) is 1. The average molecular weight is 250 g/mol. The first-order chi connectivity index (χ1) is 8.67. The molecule has 3 nitrogen and oxygen atoms in total. The standard InChI is InChI=1S/C15H26N2O/c1-4-17(5-2)12-15(18)11-16-13(3)14-9-7-6-8-10-14/h6-10,13,15-16,18H,4-5,11-12H2,1-3H3/t13-,15?/m0/s1.